The van der Waals surface area contributed by atoms with Crippen molar-refractivity contribution in [1.29, 1.82) is 0 Å². The highest BCUT2D eigenvalue weighted by atomic mass is 32.2. The molecule has 0 saturated carbocycles. The van der Waals surface area contributed by atoms with E-state index in [4.69, 9.17) is 4.74 Å². The molecular formula is C26H34N4O2S. The van der Waals surface area contributed by atoms with Crippen LogP contribution in [0.4, 0.5) is 0 Å². The van der Waals surface area contributed by atoms with Crippen LogP contribution in [0, 0.1) is 6.92 Å². The average molecular weight is 467 g/mol. The Morgan fingerprint density at radius 3 is 2.39 bits per heavy atom. The Kier molecular flexibility index (Phi) is 8.55. The predicted molar refractivity (Wildman–Crippen MR) is 134 cm³/mol. The third kappa shape index (κ3) is 6.60. The molecule has 6 nitrogen and oxygen atoms in total. The van der Waals surface area contributed by atoms with Crippen LogP contribution in [0.3, 0.4) is 0 Å². The van der Waals surface area contributed by atoms with Crippen molar-refractivity contribution in [2.75, 3.05) is 5.75 Å². The molecule has 1 atom stereocenters. The lowest BCUT2D eigenvalue weighted by Gasteiger charge is -2.21. The summed E-state index contributed by atoms with van der Waals surface area (Å²) in [6, 6.07) is 16.4. The molecule has 7 heteroatoms. The van der Waals surface area contributed by atoms with Gasteiger partial charge in [0.05, 0.1) is 5.75 Å². The number of nitrogens with one attached hydrogen (secondary N) is 1. The van der Waals surface area contributed by atoms with Crippen LogP contribution in [0.2, 0.25) is 0 Å². The fourth-order valence-corrected chi connectivity index (χ4v) is 4.45. The molecule has 0 radical (unpaired) electrons. The number of rotatable bonds is 10. The van der Waals surface area contributed by atoms with Gasteiger partial charge in [-0.2, -0.15) is 0 Å². The summed E-state index contributed by atoms with van der Waals surface area (Å²) in [4.78, 5) is 12.4. The number of hydrogen-bond donors (Lipinski definition) is 1. The number of aryl methyl sites for hydroxylation is 1. The summed E-state index contributed by atoms with van der Waals surface area (Å²) in [5.74, 6) is 2.23. The zero-order valence-electron chi connectivity index (χ0n) is 20.3. The summed E-state index contributed by atoms with van der Waals surface area (Å²) < 4.78 is 8.36. The van der Waals surface area contributed by atoms with Crippen LogP contribution in [0.15, 0.2) is 53.7 Å². The second-order valence-electron chi connectivity index (χ2n) is 8.81. The van der Waals surface area contributed by atoms with Gasteiger partial charge >= 0.3 is 0 Å². The van der Waals surface area contributed by atoms with Crippen LogP contribution in [-0.2, 0) is 11.3 Å². The Labute approximate surface area is 201 Å². The minimum atomic E-state index is -0.274. The van der Waals surface area contributed by atoms with E-state index in [0.717, 1.165) is 22.3 Å². The van der Waals surface area contributed by atoms with Gasteiger partial charge in [-0.15, -0.1) is 10.2 Å². The number of ether oxygens (including phenoxy) is 1. The van der Waals surface area contributed by atoms with Gasteiger partial charge in [-0.25, -0.2) is 0 Å². The molecule has 1 heterocycles. The van der Waals surface area contributed by atoms with Crippen molar-refractivity contribution in [3.63, 3.8) is 0 Å². The monoisotopic (exact) mass is 466 g/mol. The van der Waals surface area contributed by atoms with E-state index in [9.17, 15) is 4.79 Å². The molecular weight excluding hydrogens is 432 g/mol. The van der Waals surface area contributed by atoms with E-state index < -0.39 is 0 Å². The second-order valence-corrected chi connectivity index (χ2v) is 9.75. The lowest BCUT2D eigenvalue weighted by Crippen LogP contribution is -2.24. The number of amides is 1. The molecule has 1 amide bonds. The number of para-hydroxylation sites is 1. The summed E-state index contributed by atoms with van der Waals surface area (Å²) in [7, 11) is 0. The SMILES string of the molecule is Cc1ccc(CNC(=O)CSc2nnc(C(C)Oc3ccccc3C(C)C)n2C(C)C)cc1. The zero-order chi connectivity index (χ0) is 24.0. The molecule has 3 rings (SSSR count). The molecule has 1 unspecified atom stereocenters. The highest BCUT2D eigenvalue weighted by Gasteiger charge is 2.23. The summed E-state index contributed by atoms with van der Waals surface area (Å²) in [5.41, 5.74) is 3.45. The second kappa shape index (κ2) is 11.4. The molecule has 0 saturated heterocycles. The van der Waals surface area contributed by atoms with Gasteiger partial charge in [0.2, 0.25) is 5.91 Å². The number of aromatic nitrogens is 3. The van der Waals surface area contributed by atoms with E-state index in [-0.39, 0.29) is 23.8 Å². The topological polar surface area (TPSA) is 69.0 Å². The van der Waals surface area contributed by atoms with Crippen molar-refractivity contribution in [1.82, 2.24) is 20.1 Å². The van der Waals surface area contributed by atoms with Crippen LogP contribution in [0.25, 0.3) is 0 Å². The van der Waals surface area contributed by atoms with Crippen molar-refractivity contribution in [3.8, 4) is 5.75 Å². The normalized spacial score (nSPS) is 12.2. The van der Waals surface area contributed by atoms with Gasteiger partial charge < -0.3 is 14.6 Å². The molecule has 0 aliphatic carbocycles. The third-order valence-electron chi connectivity index (χ3n) is 5.36. The molecule has 1 aromatic heterocycles. The Bertz CT molecular complexity index is 1060. The highest BCUT2D eigenvalue weighted by Crippen LogP contribution is 2.31. The molecule has 176 valence electrons. The molecule has 0 bridgehead atoms. The molecule has 0 spiro atoms. The lowest BCUT2D eigenvalue weighted by atomic mass is 10.0. The standard InChI is InChI=1S/C26H34N4O2S/c1-17(2)22-9-7-8-10-23(22)32-20(6)25-28-29-26(30(25)18(3)4)33-16-24(31)27-15-21-13-11-19(5)12-14-21/h7-14,17-18,20H,15-16H2,1-6H3,(H,27,31). The average Bonchev–Trinajstić information content (AvgIpc) is 3.22. The molecule has 33 heavy (non-hydrogen) atoms. The van der Waals surface area contributed by atoms with Gasteiger partial charge in [-0.05, 0) is 50.8 Å². The maximum atomic E-state index is 12.4. The smallest absolute Gasteiger partial charge is 0.230 e. The van der Waals surface area contributed by atoms with Crippen molar-refractivity contribution in [2.45, 2.75) is 71.3 Å². The van der Waals surface area contributed by atoms with E-state index in [1.54, 1.807) is 0 Å². The summed E-state index contributed by atoms with van der Waals surface area (Å²) in [6.45, 7) is 13.0. The molecule has 1 N–H and O–H groups in total. The summed E-state index contributed by atoms with van der Waals surface area (Å²) in [5, 5.41) is 12.5. The number of carbonyl (C=O) groups excluding carboxylic acids is 1. The summed E-state index contributed by atoms with van der Waals surface area (Å²) >= 11 is 1.40. The fraction of sp³-hybridized carbons (Fsp3) is 0.423. The molecule has 0 aliphatic heterocycles. The van der Waals surface area contributed by atoms with Gasteiger partial charge in [-0.3, -0.25) is 4.79 Å². The maximum Gasteiger partial charge on any atom is 0.230 e. The Morgan fingerprint density at radius 1 is 1.03 bits per heavy atom. The van der Waals surface area contributed by atoms with E-state index in [0.29, 0.717) is 12.5 Å². The highest BCUT2D eigenvalue weighted by molar-refractivity contribution is 7.99. The van der Waals surface area contributed by atoms with E-state index in [1.807, 2.05) is 56.3 Å². The Hall–Kier alpha value is -2.80. The van der Waals surface area contributed by atoms with E-state index >= 15 is 0 Å². The molecule has 3 aromatic rings. The largest absolute Gasteiger partial charge is 0.482 e. The number of carbonyl (C=O) groups is 1. The van der Waals surface area contributed by atoms with Crippen LogP contribution in [0.1, 0.15) is 75.2 Å². The first-order valence-corrected chi connectivity index (χ1v) is 12.4. The minimum Gasteiger partial charge on any atom is -0.482 e. The number of hydrogen-bond acceptors (Lipinski definition) is 5. The summed E-state index contributed by atoms with van der Waals surface area (Å²) in [6.07, 6.45) is -0.274. The Balaban J connectivity index is 1.65. The van der Waals surface area contributed by atoms with E-state index in [2.05, 4.69) is 53.8 Å². The first-order valence-electron chi connectivity index (χ1n) is 11.4. The number of thioether (sulfide) groups is 1. The lowest BCUT2D eigenvalue weighted by molar-refractivity contribution is -0.118. The van der Waals surface area contributed by atoms with Crippen molar-refractivity contribution in [2.24, 2.45) is 0 Å². The molecule has 0 aliphatic rings. The van der Waals surface area contributed by atoms with Crippen LogP contribution >= 0.6 is 11.8 Å². The van der Waals surface area contributed by atoms with Gasteiger partial charge in [0, 0.05) is 12.6 Å². The number of nitrogens with zero attached hydrogens (tertiary/aromatic N) is 3. The maximum absolute atomic E-state index is 12.4. The first kappa shape index (κ1) is 24.8. The van der Waals surface area contributed by atoms with Crippen LogP contribution in [-0.4, -0.2) is 26.4 Å². The van der Waals surface area contributed by atoms with Gasteiger partial charge in [0.25, 0.3) is 0 Å². The van der Waals surface area contributed by atoms with Gasteiger partial charge in [-0.1, -0.05) is 73.6 Å². The van der Waals surface area contributed by atoms with E-state index in [1.165, 1.54) is 22.9 Å². The van der Waals surface area contributed by atoms with Crippen LogP contribution in [0.5, 0.6) is 5.75 Å². The van der Waals surface area contributed by atoms with Gasteiger partial charge in [0.15, 0.2) is 17.1 Å². The third-order valence-corrected chi connectivity index (χ3v) is 6.30. The van der Waals surface area contributed by atoms with Crippen molar-refractivity contribution < 1.29 is 9.53 Å². The molecule has 2 aromatic carbocycles. The number of benzene rings is 2. The minimum absolute atomic E-state index is 0.0319. The first-order chi connectivity index (χ1) is 15.8. The van der Waals surface area contributed by atoms with Gasteiger partial charge in [0.1, 0.15) is 5.75 Å². The van der Waals surface area contributed by atoms with Crippen LogP contribution < -0.4 is 10.1 Å². The predicted octanol–water partition coefficient (Wildman–Crippen LogP) is 5.84. The molecule has 0 fully saturated rings. The Morgan fingerprint density at radius 2 is 1.73 bits per heavy atom. The van der Waals surface area contributed by atoms with Crippen molar-refractivity contribution in [3.05, 3.63) is 71.0 Å². The fourth-order valence-electron chi connectivity index (χ4n) is 3.55. The zero-order valence-corrected chi connectivity index (χ0v) is 21.1. The van der Waals surface area contributed by atoms with Crippen molar-refractivity contribution >= 4 is 17.7 Å². The quantitative estimate of drug-likeness (QED) is 0.380.